The summed E-state index contributed by atoms with van der Waals surface area (Å²) in [5.41, 5.74) is 3.54. The van der Waals surface area contributed by atoms with Gasteiger partial charge in [-0.2, -0.15) is 0 Å². The zero-order chi connectivity index (χ0) is 9.84. The van der Waals surface area contributed by atoms with Gasteiger partial charge in [-0.25, -0.2) is 4.98 Å². The van der Waals surface area contributed by atoms with Crippen molar-refractivity contribution in [1.29, 1.82) is 0 Å². The maximum absolute atomic E-state index is 4.25. The van der Waals surface area contributed by atoms with Crippen LogP contribution < -0.4 is 0 Å². The summed E-state index contributed by atoms with van der Waals surface area (Å²) in [6.45, 7) is 8.20. The Kier molecular flexibility index (Phi) is 3.07. The SMILES string of the molecule is CC.Cc1cnc2[nH]ccc2c1C. The maximum Gasteiger partial charge on any atom is 0.137 e. The Labute approximate surface area is 79.0 Å². The van der Waals surface area contributed by atoms with Crippen molar-refractivity contribution in [3.8, 4) is 0 Å². The highest BCUT2D eigenvalue weighted by atomic mass is 14.8. The first-order valence-electron chi connectivity index (χ1n) is 4.68. The van der Waals surface area contributed by atoms with Crippen LogP contribution in [-0.4, -0.2) is 9.97 Å². The number of fused-ring (bicyclic) bond motifs is 1. The van der Waals surface area contributed by atoms with E-state index in [-0.39, 0.29) is 0 Å². The fourth-order valence-corrected chi connectivity index (χ4v) is 1.24. The summed E-state index contributed by atoms with van der Waals surface area (Å²) in [7, 11) is 0. The van der Waals surface area contributed by atoms with Gasteiger partial charge in [-0.3, -0.25) is 0 Å². The third kappa shape index (κ3) is 1.72. The summed E-state index contributed by atoms with van der Waals surface area (Å²) in [4.78, 5) is 7.32. The third-order valence-electron chi connectivity index (χ3n) is 2.11. The van der Waals surface area contributed by atoms with E-state index in [1.165, 1.54) is 16.5 Å². The molecule has 0 aromatic carbocycles. The fourth-order valence-electron chi connectivity index (χ4n) is 1.24. The van der Waals surface area contributed by atoms with Crippen LogP contribution in [0.1, 0.15) is 25.0 Å². The minimum absolute atomic E-state index is 0.980. The molecule has 0 atom stereocenters. The van der Waals surface area contributed by atoms with Crippen LogP contribution in [0.15, 0.2) is 18.5 Å². The van der Waals surface area contributed by atoms with Crippen LogP contribution in [0.2, 0.25) is 0 Å². The lowest BCUT2D eigenvalue weighted by atomic mass is 10.1. The standard InChI is InChI=1S/C9H10N2.C2H6/c1-6-5-11-9-8(7(6)2)3-4-10-9;1-2/h3-5H,1-2H3,(H,10,11);1-2H3. The molecule has 2 rings (SSSR count). The largest absolute Gasteiger partial charge is 0.346 e. The van der Waals surface area contributed by atoms with Crippen molar-refractivity contribution in [1.82, 2.24) is 9.97 Å². The highest BCUT2D eigenvalue weighted by molar-refractivity contribution is 5.79. The molecule has 13 heavy (non-hydrogen) atoms. The lowest BCUT2D eigenvalue weighted by Crippen LogP contribution is -1.84. The molecule has 0 aliphatic carbocycles. The molecule has 0 amide bonds. The van der Waals surface area contributed by atoms with Crippen LogP contribution in [0, 0.1) is 13.8 Å². The Morgan fingerprint density at radius 2 is 1.92 bits per heavy atom. The van der Waals surface area contributed by atoms with Crippen LogP contribution in [0.4, 0.5) is 0 Å². The quantitative estimate of drug-likeness (QED) is 0.656. The number of hydrogen-bond acceptors (Lipinski definition) is 1. The van der Waals surface area contributed by atoms with Gasteiger partial charge in [0.2, 0.25) is 0 Å². The third-order valence-corrected chi connectivity index (χ3v) is 2.11. The molecule has 70 valence electrons. The Balaban J connectivity index is 0.000000396. The van der Waals surface area contributed by atoms with Crippen LogP contribution in [-0.2, 0) is 0 Å². The van der Waals surface area contributed by atoms with Gasteiger partial charge in [0, 0.05) is 17.8 Å². The van der Waals surface area contributed by atoms with Gasteiger partial charge in [0.25, 0.3) is 0 Å². The number of rotatable bonds is 0. The van der Waals surface area contributed by atoms with Crippen molar-refractivity contribution in [3.63, 3.8) is 0 Å². The molecule has 2 aromatic heterocycles. The molecule has 0 radical (unpaired) electrons. The molecule has 0 spiro atoms. The van der Waals surface area contributed by atoms with Crippen molar-refractivity contribution < 1.29 is 0 Å². The van der Waals surface area contributed by atoms with E-state index >= 15 is 0 Å². The molecule has 0 unspecified atom stereocenters. The highest BCUT2D eigenvalue weighted by Crippen LogP contribution is 2.16. The zero-order valence-electron chi connectivity index (χ0n) is 8.68. The molecule has 0 saturated carbocycles. The van der Waals surface area contributed by atoms with Gasteiger partial charge < -0.3 is 4.98 Å². The molecule has 0 bridgehead atoms. The predicted molar refractivity (Wildman–Crippen MR) is 56.9 cm³/mol. The normalized spacial score (nSPS) is 9.54. The Morgan fingerprint density at radius 3 is 2.62 bits per heavy atom. The average Bonchev–Trinajstić information content (AvgIpc) is 2.63. The van der Waals surface area contributed by atoms with Gasteiger partial charge in [0.05, 0.1) is 0 Å². The molecule has 0 saturated heterocycles. The van der Waals surface area contributed by atoms with E-state index in [0.29, 0.717) is 0 Å². The molecule has 2 heterocycles. The van der Waals surface area contributed by atoms with Gasteiger partial charge in [-0.15, -0.1) is 0 Å². The van der Waals surface area contributed by atoms with Crippen molar-refractivity contribution in [3.05, 3.63) is 29.6 Å². The first-order valence-corrected chi connectivity index (χ1v) is 4.68. The highest BCUT2D eigenvalue weighted by Gasteiger charge is 2.00. The van der Waals surface area contributed by atoms with Crippen molar-refractivity contribution in [2.24, 2.45) is 0 Å². The lowest BCUT2D eigenvalue weighted by Gasteiger charge is -1.98. The monoisotopic (exact) mass is 176 g/mol. The van der Waals surface area contributed by atoms with E-state index in [4.69, 9.17) is 0 Å². The van der Waals surface area contributed by atoms with Gasteiger partial charge in [0.1, 0.15) is 5.65 Å². The number of nitrogens with one attached hydrogen (secondary N) is 1. The summed E-state index contributed by atoms with van der Waals surface area (Å²) in [5.74, 6) is 0. The number of H-pyrrole nitrogens is 1. The molecule has 1 N–H and O–H groups in total. The van der Waals surface area contributed by atoms with Crippen LogP contribution in [0.25, 0.3) is 11.0 Å². The summed E-state index contributed by atoms with van der Waals surface area (Å²) >= 11 is 0. The Morgan fingerprint density at radius 1 is 1.23 bits per heavy atom. The van der Waals surface area contributed by atoms with Gasteiger partial charge in [0.15, 0.2) is 0 Å². The fraction of sp³-hybridized carbons (Fsp3) is 0.364. The second-order valence-electron chi connectivity index (χ2n) is 2.81. The lowest BCUT2D eigenvalue weighted by molar-refractivity contribution is 1.25. The van der Waals surface area contributed by atoms with Crippen molar-refractivity contribution in [2.75, 3.05) is 0 Å². The molecule has 2 aromatic rings. The number of hydrogen-bond donors (Lipinski definition) is 1. The Hall–Kier alpha value is -1.31. The Bertz CT molecular complexity index is 388. The van der Waals surface area contributed by atoms with Gasteiger partial charge in [-0.1, -0.05) is 13.8 Å². The predicted octanol–water partition coefficient (Wildman–Crippen LogP) is 3.21. The second kappa shape index (κ2) is 4.08. The first-order chi connectivity index (χ1) is 6.29. The zero-order valence-corrected chi connectivity index (χ0v) is 8.68. The summed E-state index contributed by atoms with van der Waals surface area (Å²) in [6.07, 6.45) is 3.82. The van der Waals surface area contributed by atoms with Crippen LogP contribution in [0.5, 0.6) is 0 Å². The minimum atomic E-state index is 0.980. The molecular formula is C11H16N2. The number of aryl methyl sites for hydroxylation is 2. The number of pyridine rings is 1. The smallest absolute Gasteiger partial charge is 0.137 e. The van der Waals surface area contributed by atoms with Crippen LogP contribution in [0.3, 0.4) is 0 Å². The molecule has 0 fully saturated rings. The van der Waals surface area contributed by atoms with E-state index in [1.54, 1.807) is 0 Å². The summed E-state index contributed by atoms with van der Waals surface area (Å²) in [5, 5.41) is 1.23. The molecule has 0 aliphatic rings. The molecule has 2 nitrogen and oxygen atoms in total. The van der Waals surface area contributed by atoms with E-state index in [0.717, 1.165) is 5.65 Å². The molecule has 0 aliphatic heterocycles. The van der Waals surface area contributed by atoms with Gasteiger partial charge >= 0.3 is 0 Å². The summed E-state index contributed by atoms with van der Waals surface area (Å²) < 4.78 is 0. The van der Waals surface area contributed by atoms with Crippen molar-refractivity contribution in [2.45, 2.75) is 27.7 Å². The topological polar surface area (TPSA) is 28.7 Å². The van der Waals surface area contributed by atoms with E-state index in [2.05, 4.69) is 29.9 Å². The number of aromatic amines is 1. The van der Waals surface area contributed by atoms with Crippen LogP contribution >= 0.6 is 0 Å². The number of aromatic nitrogens is 2. The average molecular weight is 176 g/mol. The maximum atomic E-state index is 4.25. The summed E-state index contributed by atoms with van der Waals surface area (Å²) in [6, 6.07) is 2.06. The van der Waals surface area contributed by atoms with Gasteiger partial charge in [-0.05, 0) is 31.0 Å². The minimum Gasteiger partial charge on any atom is -0.346 e. The second-order valence-corrected chi connectivity index (χ2v) is 2.81. The first kappa shape index (κ1) is 9.78. The van der Waals surface area contributed by atoms with E-state index in [9.17, 15) is 0 Å². The number of nitrogens with zero attached hydrogens (tertiary/aromatic N) is 1. The molecule has 2 heteroatoms. The van der Waals surface area contributed by atoms with E-state index < -0.39 is 0 Å². The van der Waals surface area contributed by atoms with E-state index in [1.807, 2.05) is 26.2 Å². The van der Waals surface area contributed by atoms with Crippen molar-refractivity contribution >= 4 is 11.0 Å². The molecular weight excluding hydrogens is 160 g/mol.